The third-order valence-electron chi connectivity index (χ3n) is 10.4. The molecule has 34 nitrogen and oxygen atoms in total. The van der Waals surface area contributed by atoms with Gasteiger partial charge in [-0.05, 0) is 70.9 Å². The SMILES string of the molecule is CCCn1cnc2c1nc(N)n1nc(-c3ccco3)nc21.NNC(=O)c1ccco1.Nc1nc(Br)c2[nH]cnc2n1.Nc1nc(NNC(=O)c2ccco2)c2[nH]cnc2n1.Nc1nc2nc[nH]c2c2nc(-c3ccco3)nn12.[HH].[HH].[HH]. The molecule has 0 unspecified atom stereocenters. The number of aryl methyl sites for hydroxylation is 1. The van der Waals surface area contributed by atoms with Crippen molar-refractivity contribution in [1.29, 1.82) is 0 Å². The summed E-state index contributed by atoms with van der Waals surface area (Å²) in [5.74, 6) is 7.52. The Morgan fingerprint density at radius 2 is 1.15 bits per heavy atom. The number of anilines is 5. The van der Waals surface area contributed by atoms with E-state index in [-0.39, 0.29) is 39.6 Å². The molecule has 0 radical (unpaired) electrons. The number of hydrogen-bond donors (Lipinski definition) is 11. The Morgan fingerprint density at radius 3 is 1.76 bits per heavy atom. The Kier molecular flexibility index (Phi) is 14.2. The van der Waals surface area contributed by atoms with Gasteiger partial charge in [-0.3, -0.25) is 25.9 Å². The molecule has 0 aliphatic heterocycles. The highest BCUT2D eigenvalue weighted by atomic mass is 79.9. The van der Waals surface area contributed by atoms with Crippen LogP contribution in [0.1, 0.15) is 38.7 Å². The molecule has 14 aromatic heterocycles. The van der Waals surface area contributed by atoms with Gasteiger partial charge in [-0.25, -0.2) is 40.7 Å². The minimum Gasteiger partial charge on any atom is -0.461 e. The predicted molar refractivity (Wildman–Crippen MR) is 285 cm³/mol. The van der Waals surface area contributed by atoms with Crippen LogP contribution >= 0.6 is 15.9 Å². The van der Waals surface area contributed by atoms with Gasteiger partial charge in [-0.2, -0.15) is 34.0 Å². The number of nitrogen functional groups attached to an aromatic ring is 5. The van der Waals surface area contributed by atoms with Crippen LogP contribution in [0.5, 0.6) is 0 Å². The molecule has 14 heterocycles. The molecule has 0 atom stereocenters. The molecular formula is C43H45BrN28O6. The number of fused-ring (bicyclic) bond motifs is 8. The van der Waals surface area contributed by atoms with E-state index >= 15 is 0 Å². The maximum atomic E-state index is 11.7. The lowest BCUT2D eigenvalue weighted by atomic mass is 10.4. The minimum atomic E-state index is -0.435. The number of nitrogens with zero attached hydrogens (tertiary/aromatic N) is 17. The molecule has 2 amide bonds. The van der Waals surface area contributed by atoms with E-state index in [1.807, 2.05) is 9.99 Å². The molecule has 35 heteroatoms. The van der Waals surface area contributed by atoms with Crippen LogP contribution in [0.15, 0.2) is 121 Å². The van der Waals surface area contributed by atoms with Crippen molar-refractivity contribution in [3.05, 3.63) is 115 Å². The van der Waals surface area contributed by atoms with Gasteiger partial charge < -0.3 is 60.1 Å². The zero-order valence-corrected chi connectivity index (χ0v) is 41.6. The summed E-state index contributed by atoms with van der Waals surface area (Å²) in [5, 5.41) is 8.60. The van der Waals surface area contributed by atoms with E-state index in [9.17, 15) is 9.59 Å². The van der Waals surface area contributed by atoms with Crippen LogP contribution in [0, 0.1) is 0 Å². The number of aromatic nitrogens is 20. The first-order valence-corrected chi connectivity index (χ1v) is 23.3. The topological polar surface area (TPSA) is 494 Å². The Bertz CT molecular complexity index is 4310. The highest BCUT2D eigenvalue weighted by Crippen LogP contribution is 2.24. The van der Waals surface area contributed by atoms with E-state index in [1.54, 1.807) is 67.9 Å². The van der Waals surface area contributed by atoms with Crippen molar-refractivity contribution in [1.82, 2.24) is 109 Å². The number of hydrazine groups is 2. The summed E-state index contributed by atoms with van der Waals surface area (Å²) in [6.07, 6.45) is 13.2. The van der Waals surface area contributed by atoms with Gasteiger partial charge in [-0.15, -0.1) is 10.2 Å². The molecule has 14 rings (SSSR count). The number of imidazole rings is 4. The molecule has 0 saturated heterocycles. The van der Waals surface area contributed by atoms with Crippen molar-refractivity contribution >= 4 is 113 Å². The lowest BCUT2D eigenvalue weighted by Crippen LogP contribution is -2.29. The van der Waals surface area contributed by atoms with Crippen LogP contribution in [-0.4, -0.2) is 110 Å². The number of rotatable bonds is 8. The molecule has 0 aliphatic carbocycles. The highest BCUT2D eigenvalue weighted by Gasteiger charge is 2.19. The van der Waals surface area contributed by atoms with Crippen LogP contribution in [0.4, 0.5) is 29.6 Å². The molecule has 0 aliphatic rings. The minimum absolute atomic E-state index is 0. The Balaban J connectivity index is 0.000000149. The molecule has 0 bridgehead atoms. The van der Waals surface area contributed by atoms with Gasteiger partial charge in [0.05, 0.1) is 50.4 Å². The van der Waals surface area contributed by atoms with Crippen molar-refractivity contribution in [3.63, 3.8) is 0 Å². The van der Waals surface area contributed by atoms with E-state index in [2.05, 4.69) is 119 Å². The first-order valence-electron chi connectivity index (χ1n) is 22.5. The van der Waals surface area contributed by atoms with Gasteiger partial charge in [0, 0.05) is 10.8 Å². The molecule has 0 spiro atoms. The molecule has 0 fully saturated rings. The summed E-state index contributed by atoms with van der Waals surface area (Å²) < 4.78 is 25.8. The summed E-state index contributed by atoms with van der Waals surface area (Å²) in [6.45, 7) is 2.93. The van der Waals surface area contributed by atoms with Gasteiger partial charge in [0.1, 0.15) is 21.2 Å². The summed E-state index contributed by atoms with van der Waals surface area (Å²) in [7, 11) is 0. The Hall–Kier alpha value is -11.4. The molecular weight excluding hydrogens is 1080 g/mol. The number of halogens is 1. The second kappa shape index (κ2) is 22.0. The third kappa shape index (κ3) is 10.5. The molecule has 0 saturated carbocycles. The number of carbonyl (C=O) groups is 2. The standard InChI is InChI=1S/C13H13N7O.C10H9N7O2.C10H7N7O.C5H4BrN5.C5H6N2O2.3H2/c1-2-5-19-7-15-9-11(19)17-13(14)20-12(9)16-10(18-20)8-4-3-6-21-8;11-10-14-7-6(12-4-13-7)8(15-10)16-17-9(18)5-2-1-3-19-5;11-10-15-8-6(12-4-13-8)9-14-7(16-17(9)10)5-2-1-3-18-5;6-3-2-4(9-1-8-2)11-5(7)10-3;6-7-5(8)4-2-1-3-9-4;;;/h3-4,6-7H,2,5H2,1H3,(H2,14,17);1-4H,(H,17,18)(H4,11,12,13,14,15,16);1-4H,(H2,11,15)(H,12,13);1H,(H3,7,8,9,10,11);1-3H,6H2,(H,7,8);3*1H. The number of carbonyl (C=O) groups excluding carboxylic acids is 2. The number of nitrogens with two attached hydrogens (primary N) is 5. The average Bonchev–Trinajstić information content (AvgIpc) is 4.48. The van der Waals surface area contributed by atoms with Crippen molar-refractivity contribution < 1.29 is 31.5 Å². The number of hydrogen-bond acceptors (Lipinski definition) is 26. The van der Waals surface area contributed by atoms with Crippen LogP contribution < -0.4 is 45.1 Å². The Labute approximate surface area is 445 Å². The van der Waals surface area contributed by atoms with E-state index in [0.717, 1.165) is 24.1 Å². The van der Waals surface area contributed by atoms with Gasteiger partial charge in [0.15, 0.2) is 68.3 Å². The largest absolute Gasteiger partial charge is 0.461 e. The molecule has 14 aromatic rings. The smallest absolute Gasteiger partial charge is 0.305 e. The molecule has 0 aromatic carbocycles. The van der Waals surface area contributed by atoms with Crippen molar-refractivity contribution in [3.8, 4) is 23.2 Å². The number of H-pyrrole nitrogens is 3. The lowest BCUT2D eigenvalue weighted by molar-refractivity contribution is 0.0922. The zero-order valence-electron chi connectivity index (χ0n) is 40.0. The monoisotopic (exact) mass is 1130 g/mol. The van der Waals surface area contributed by atoms with Crippen LogP contribution in [0.2, 0.25) is 0 Å². The molecule has 400 valence electrons. The average molecular weight is 1130 g/mol. The van der Waals surface area contributed by atoms with E-state index in [0.29, 0.717) is 78.4 Å². The number of nitrogens with one attached hydrogen (secondary N) is 6. The fourth-order valence-electron chi connectivity index (χ4n) is 7.00. The summed E-state index contributed by atoms with van der Waals surface area (Å²) >= 11 is 3.22. The maximum absolute atomic E-state index is 11.7. The third-order valence-corrected chi connectivity index (χ3v) is 11.0. The van der Waals surface area contributed by atoms with Crippen LogP contribution in [-0.2, 0) is 6.54 Å². The second-order valence-electron chi connectivity index (χ2n) is 15.5. The van der Waals surface area contributed by atoms with Crippen molar-refractivity contribution in [2.24, 2.45) is 5.84 Å². The van der Waals surface area contributed by atoms with Gasteiger partial charge in [0.25, 0.3) is 0 Å². The van der Waals surface area contributed by atoms with Gasteiger partial charge in [-0.1, -0.05) is 6.92 Å². The maximum Gasteiger partial charge on any atom is 0.305 e. The number of aromatic amines is 3. The number of amides is 2. The van der Waals surface area contributed by atoms with E-state index < -0.39 is 11.8 Å². The fraction of sp³-hybridized carbons (Fsp3) is 0.0698. The normalized spacial score (nSPS) is 10.9. The van der Waals surface area contributed by atoms with Gasteiger partial charge >= 0.3 is 11.8 Å². The number of furan rings is 4. The van der Waals surface area contributed by atoms with Crippen molar-refractivity contribution in [2.45, 2.75) is 19.9 Å². The second-order valence-corrected chi connectivity index (χ2v) is 16.2. The lowest BCUT2D eigenvalue weighted by Gasteiger charge is -2.07. The summed E-state index contributed by atoms with van der Waals surface area (Å²) in [4.78, 5) is 80.3. The Morgan fingerprint density at radius 1 is 0.615 bits per heavy atom. The zero-order chi connectivity index (χ0) is 54.3. The first kappa shape index (κ1) is 50.2. The summed E-state index contributed by atoms with van der Waals surface area (Å²) in [6, 6.07) is 13.4. The molecule has 78 heavy (non-hydrogen) atoms. The fourth-order valence-corrected chi connectivity index (χ4v) is 7.47. The first-order chi connectivity index (χ1) is 38.0. The predicted octanol–water partition coefficient (Wildman–Crippen LogP) is 4.17. The summed E-state index contributed by atoms with van der Waals surface area (Å²) in [5.41, 5.74) is 35.8. The highest BCUT2D eigenvalue weighted by molar-refractivity contribution is 9.10. The van der Waals surface area contributed by atoms with Gasteiger partial charge in [0.2, 0.25) is 35.4 Å². The van der Waals surface area contributed by atoms with E-state index in [1.165, 1.54) is 40.0 Å². The van der Waals surface area contributed by atoms with E-state index in [4.69, 9.17) is 46.4 Å². The van der Waals surface area contributed by atoms with Crippen LogP contribution in [0.3, 0.4) is 0 Å². The molecule has 16 N–H and O–H groups in total. The van der Waals surface area contributed by atoms with Crippen molar-refractivity contribution in [2.75, 3.05) is 28.4 Å². The van der Waals surface area contributed by atoms with Crippen LogP contribution in [0.25, 0.3) is 79.1 Å². The quantitative estimate of drug-likeness (QED) is 0.0440.